The molecular formula is C16H18N4O3. The van der Waals surface area contributed by atoms with Crippen molar-refractivity contribution in [3.8, 4) is 17.2 Å². The average Bonchev–Trinajstić information content (AvgIpc) is 3.04. The van der Waals surface area contributed by atoms with Crippen LogP contribution in [0, 0.1) is 0 Å². The van der Waals surface area contributed by atoms with Crippen LogP contribution in [-0.2, 0) is 6.54 Å². The van der Waals surface area contributed by atoms with Gasteiger partial charge in [-0.2, -0.15) is 0 Å². The van der Waals surface area contributed by atoms with Gasteiger partial charge in [0.1, 0.15) is 11.6 Å². The molecule has 0 aliphatic carbocycles. The van der Waals surface area contributed by atoms with Crippen LogP contribution >= 0.6 is 0 Å². The number of phenolic OH excluding ortho intramolecular Hbond substituents is 1. The van der Waals surface area contributed by atoms with Gasteiger partial charge in [0.05, 0.1) is 6.20 Å². The number of fused-ring (bicyclic) bond motifs is 1. The number of nitrogens with zero attached hydrogens (tertiary/aromatic N) is 4. The van der Waals surface area contributed by atoms with Crippen LogP contribution in [0.25, 0.3) is 0 Å². The van der Waals surface area contributed by atoms with Crippen LogP contribution in [0.2, 0.25) is 0 Å². The lowest BCUT2D eigenvalue weighted by Gasteiger charge is -2.35. The van der Waals surface area contributed by atoms with Crippen molar-refractivity contribution >= 4 is 5.82 Å². The Labute approximate surface area is 134 Å². The summed E-state index contributed by atoms with van der Waals surface area (Å²) in [7, 11) is 0. The maximum Gasteiger partial charge on any atom is 0.231 e. The quantitative estimate of drug-likeness (QED) is 0.913. The second-order valence-corrected chi connectivity index (χ2v) is 5.66. The Morgan fingerprint density at radius 3 is 2.57 bits per heavy atom. The van der Waals surface area contributed by atoms with E-state index in [1.54, 1.807) is 24.7 Å². The normalized spacial score (nSPS) is 17.5. The van der Waals surface area contributed by atoms with Crippen LogP contribution < -0.4 is 14.4 Å². The number of piperazine rings is 1. The van der Waals surface area contributed by atoms with Gasteiger partial charge in [0, 0.05) is 56.7 Å². The summed E-state index contributed by atoms with van der Waals surface area (Å²) in [6.45, 7) is 4.51. The first-order chi connectivity index (χ1) is 11.3. The van der Waals surface area contributed by atoms with Gasteiger partial charge in [0.25, 0.3) is 0 Å². The first kappa shape index (κ1) is 14.1. The summed E-state index contributed by atoms with van der Waals surface area (Å²) < 4.78 is 10.7. The molecule has 1 aromatic carbocycles. The predicted molar refractivity (Wildman–Crippen MR) is 83.8 cm³/mol. The second-order valence-electron chi connectivity index (χ2n) is 5.66. The maximum absolute atomic E-state index is 10.1. The van der Waals surface area contributed by atoms with Gasteiger partial charge in [-0.3, -0.25) is 9.88 Å². The molecule has 1 N–H and O–H groups in total. The molecule has 7 heteroatoms. The van der Waals surface area contributed by atoms with Crippen molar-refractivity contribution in [3.63, 3.8) is 0 Å². The number of anilines is 1. The zero-order valence-corrected chi connectivity index (χ0v) is 12.7. The molecule has 1 fully saturated rings. The SMILES string of the molecule is Oc1cc2c(cc1CN1CCN(c3cnccn3)CC1)OCO2. The molecule has 2 aliphatic rings. The highest BCUT2D eigenvalue weighted by Crippen LogP contribution is 2.38. The van der Waals surface area contributed by atoms with E-state index in [-0.39, 0.29) is 12.5 Å². The highest BCUT2D eigenvalue weighted by molar-refractivity contribution is 5.51. The van der Waals surface area contributed by atoms with Crippen LogP contribution in [0.1, 0.15) is 5.56 Å². The van der Waals surface area contributed by atoms with E-state index in [1.165, 1.54) is 0 Å². The minimum absolute atomic E-state index is 0.217. The summed E-state index contributed by atoms with van der Waals surface area (Å²) in [5.41, 5.74) is 0.863. The first-order valence-electron chi connectivity index (χ1n) is 7.64. The molecule has 2 aromatic rings. The number of aromatic hydroxyl groups is 1. The van der Waals surface area contributed by atoms with E-state index in [4.69, 9.17) is 9.47 Å². The summed E-state index contributed by atoms with van der Waals surface area (Å²) in [5.74, 6) is 2.48. The van der Waals surface area contributed by atoms with Crippen molar-refractivity contribution in [2.45, 2.75) is 6.54 Å². The third-order valence-electron chi connectivity index (χ3n) is 4.21. The Kier molecular flexibility index (Phi) is 3.63. The van der Waals surface area contributed by atoms with Gasteiger partial charge in [-0.05, 0) is 6.07 Å². The highest BCUT2D eigenvalue weighted by atomic mass is 16.7. The van der Waals surface area contributed by atoms with Gasteiger partial charge in [-0.1, -0.05) is 0 Å². The minimum Gasteiger partial charge on any atom is -0.507 e. The lowest BCUT2D eigenvalue weighted by atomic mass is 10.1. The van der Waals surface area contributed by atoms with Crippen molar-refractivity contribution in [1.82, 2.24) is 14.9 Å². The van der Waals surface area contributed by atoms with E-state index in [0.717, 1.165) is 37.6 Å². The first-order valence-corrected chi connectivity index (χ1v) is 7.64. The maximum atomic E-state index is 10.1. The van der Waals surface area contributed by atoms with Gasteiger partial charge in [-0.15, -0.1) is 0 Å². The molecule has 1 aromatic heterocycles. The predicted octanol–water partition coefficient (Wildman–Crippen LogP) is 1.23. The van der Waals surface area contributed by atoms with Gasteiger partial charge < -0.3 is 19.5 Å². The van der Waals surface area contributed by atoms with Crippen molar-refractivity contribution in [1.29, 1.82) is 0 Å². The number of hydrogen-bond donors (Lipinski definition) is 1. The van der Waals surface area contributed by atoms with E-state index < -0.39 is 0 Å². The molecule has 0 saturated carbocycles. The number of ether oxygens (including phenoxy) is 2. The average molecular weight is 314 g/mol. The van der Waals surface area contributed by atoms with Crippen LogP contribution in [-0.4, -0.2) is 52.9 Å². The molecule has 0 radical (unpaired) electrons. The van der Waals surface area contributed by atoms with Gasteiger partial charge in [0.15, 0.2) is 11.5 Å². The number of aromatic nitrogens is 2. The molecule has 23 heavy (non-hydrogen) atoms. The van der Waals surface area contributed by atoms with Crippen molar-refractivity contribution in [2.75, 3.05) is 37.9 Å². The third kappa shape index (κ3) is 2.87. The lowest BCUT2D eigenvalue weighted by molar-refractivity contribution is 0.173. The molecule has 0 bridgehead atoms. The van der Waals surface area contributed by atoms with Crippen LogP contribution in [0.15, 0.2) is 30.7 Å². The summed E-state index contributed by atoms with van der Waals surface area (Å²) in [6, 6.07) is 3.50. The molecule has 4 rings (SSSR count). The minimum atomic E-state index is 0.217. The zero-order chi connectivity index (χ0) is 15.6. The monoisotopic (exact) mass is 314 g/mol. The third-order valence-corrected chi connectivity index (χ3v) is 4.21. The molecular weight excluding hydrogens is 296 g/mol. The Hall–Kier alpha value is -2.54. The smallest absolute Gasteiger partial charge is 0.231 e. The molecule has 120 valence electrons. The fraction of sp³-hybridized carbons (Fsp3) is 0.375. The summed E-state index contributed by atoms with van der Waals surface area (Å²) >= 11 is 0. The van der Waals surface area contributed by atoms with Crippen molar-refractivity contribution < 1.29 is 14.6 Å². The van der Waals surface area contributed by atoms with E-state index in [2.05, 4.69) is 19.8 Å². The Bertz CT molecular complexity index is 687. The molecule has 0 atom stereocenters. The standard InChI is InChI=1S/C16H18N4O3/c21-13-8-15-14(22-11-23-15)7-12(13)10-19-3-5-20(6-4-19)16-9-17-1-2-18-16/h1-2,7-9,21H,3-6,10-11H2. The molecule has 0 spiro atoms. The van der Waals surface area contributed by atoms with Crippen molar-refractivity contribution in [3.05, 3.63) is 36.3 Å². The highest BCUT2D eigenvalue weighted by Gasteiger charge is 2.21. The van der Waals surface area contributed by atoms with E-state index in [1.807, 2.05) is 6.07 Å². The number of benzene rings is 1. The Balaban J connectivity index is 1.40. The van der Waals surface area contributed by atoms with Gasteiger partial charge >= 0.3 is 0 Å². The molecule has 2 aliphatic heterocycles. The fourth-order valence-electron chi connectivity index (χ4n) is 2.93. The van der Waals surface area contributed by atoms with E-state index in [0.29, 0.717) is 18.0 Å². The molecule has 0 amide bonds. The zero-order valence-electron chi connectivity index (χ0n) is 12.7. The van der Waals surface area contributed by atoms with Crippen LogP contribution in [0.5, 0.6) is 17.2 Å². The molecule has 3 heterocycles. The Morgan fingerprint density at radius 1 is 1.04 bits per heavy atom. The van der Waals surface area contributed by atoms with E-state index in [9.17, 15) is 5.11 Å². The van der Waals surface area contributed by atoms with Crippen molar-refractivity contribution in [2.24, 2.45) is 0 Å². The number of phenols is 1. The molecule has 7 nitrogen and oxygen atoms in total. The fourth-order valence-corrected chi connectivity index (χ4v) is 2.93. The summed E-state index contributed by atoms with van der Waals surface area (Å²) in [5, 5.41) is 10.1. The van der Waals surface area contributed by atoms with Gasteiger partial charge in [-0.25, -0.2) is 4.98 Å². The second kappa shape index (κ2) is 5.92. The topological polar surface area (TPSA) is 71.0 Å². The molecule has 0 unspecified atom stereocenters. The Morgan fingerprint density at radius 2 is 1.83 bits per heavy atom. The van der Waals surface area contributed by atoms with E-state index >= 15 is 0 Å². The summed E-state index contributed by atoms with van der Waals surface area (Å²) in [4.78, 5) is 13.0. The number of rotatable bonds is 3. The van der Waals surface area contributed by atoms with Gasteiger partial charge in [0.2, 0.25) is 6.79 Å². The number of hydrogen-bond acceptors (Lipinski definition) is 7. The summed E-state index contributed by atoms with van der Waals surface area (Å²) in [6.07, 6.45) is 5.19. The van der Waals surface area contributed by atoms with Crippen LogP contribution in [0.3, 0.4) is 0 Å². The lowest BCUT2D eigenvalue weighted by Crippen LogP contribution is -2.46. The molecule has 1 saturated heterocycles. The van der Waals surface area contributed by atoms with Crippen LogP contribution in [0.4, 0.5) is 5.82 Å². The largest absolute Gasteiger partial charge is 0.507 e.